The van der Waals surface area contributed by atoms with E-state index in [-0.39, 0.29) is 21.6 Å². The highest BCUT2D eigenvalue weighted by atomic mass is 79.9. The lowest BCUT2D eigenvalue weighted by Gasteiger charge is -2.17. The first-order valence-corrected chi connectivity index (χ1v) is 9.29. The van der Waals surface area contributed by atoms with E-state index in [2.05, 4.69) is 26.0 Å². The van der Waals surface area contributed by atoms with Crippen LogP contribution in [0.2, 0.25) is 0 Å². The first-order chi connectivity index (χ1) is 9.97. The maximum absolute atomic E-state index is 12.4. The summed E-state index contributed by atoms with van der Waals surface area (Å²) in [5.41, 5.74) is 0. The Labute approximate surface area is 133 Å². The Hall–Kier alpha value is -0.410. The largest absolute Gasteiger partial charge is 0.452 e. The summed E-state index contributed by atoms with van der Waals surface area (Å²) >= 11 is 3.16. The summed E-state index contributed by atoms with van der Waals surface area (Å²) in [5, 5.41) is 2.92. The molecule has 1 saturated heterocycles. The Kier molecular flexibility index (Phi) is 5.84. The van der Waals surface area contributed by atoms with Crippen LogP contribution >= 0.6 is 15.9 Å². The number of sulfonamides is 1. The molecular weight excluding hydrogens is 360 g/mol. The van der Waals surface area contributed by atoms with E-state index in [1.165, 1.54) is 6.07 Å². The van der Waals surface area contributed by atoms with Gasteiger partial charge in [-0.05, 0) is 35.8 Å². The lowest BCUT2D eigenvalue weighted by Crippen LogP contribution is -2.32. The van der Waals surface area contributed by atoms with E-state index in [1.807, 2.05) is 6.92 Å². The predicted molar refractivity (Wildman–Crippen MR) is 82.5 cm³/mol. The number of halogens is 1. The molecule has 8 heteroatoms. The molecule has 1 aromatic rings. The second kappa shape index (κ2) is 7.23. The number of nitrogens with one attached hydrogen (secondary N) is 2. The molecule has 2 heterocycles. The normalized spacial score (nSPS) is 22.8. The zero-order chi connectivity index (χ0) is 15.5. The van der Waals surface area contributed by atoms with Crippen LogP contribution in [-0.2, 0) is 21.3 Å². The molecule has 0 spiro atoms. The molecule has 2 unspecified atom stereocenters. The van der Waals surface area contributed by atoms with E-state index in [4.69, 9.17) is 9.15 Å². The fraction of sp³-hybridized carbons (Fsp3) is 0.692. The summed E-state index contributed by atoms with van der Waals surface area (Å²) < 4.78 is 38.6. The maximum Gasteiger partial charge on any atom is 0.244 e. The van der Waals surface area contributed by atoms with Gasteiger partial charge in [0.05, 0.1) is 12.6 Å². The van der Waals surface area contributed by atoms with Gasteiger partial charge in [-0.15, -0.1) is 0 Å². The van der Waals surface area contributed by atoms with Crippen LogP contribution in [0.25, 0.3) is 0 Å². The van der Waals surface area contributed by atoms with E-state index < -0.39 is 10.0 Å². The topological polar surface area (TPSA) is 80.6 Å². The molecule has 1 aliphatic heterocycles. The van der Waals surface area contributed by atoms with Crippen LogP contribution in [0.3, 0.4) is 0 Å². The van der Waals surface area contributed by atoms with Crippen LogP contribution in [0.5, 0.6) is 0 Å². The van der Waals surface area contributed by atoms with Crippen LogP contribution in [0.1, 0.15) is 25.5 Å². The number of rotatable bonds is 7. The molecule has 0 bridgehead atoms. The van der Waals surface area contributed by atoms with Gasteiger partial charge in [0, 0.05) is 25.1 Å². The highest BCUT2D eigenvalue weighted by Crippen LogP contribution is 2.27. The highest BCUT2D eigenvalue weighted by Gasteiger charge is 2.29. The van der Waals surface area contributed by atoms with Crippen molar-refractivity contribution >= 4 is 26.0 Å². The van der Waals surface area contributed by atoms with E-state index in [0.717, 1.165) is 12.8 Å². The molecule has 0 amide bonds. The highest BCUT2D eigenvalue weighted by molar-refractivity contribution is 9.10. The van der Waals surface area contributed by atoms with Crippen molar-refractivity contribution in [1.82, 2.24) is 10.0 Å². The molecule has 1 aromatic heterocycles. The van der Waals surface area contributed by atoms with Crippen molar-refractivity contribution in [2.24, 2.45) is 5.92 Å². The summed E-state index contributed by atoms with van der Waals surface area (Å²) in [6.45, 7) is 3.61. The fourth-order valence-corrected chi connectivity index (χ4v) is 4.60. The number of furan rings is 1. The standard InChI is InChI=1S/C13H21BrN2O4S/c1-3-11-9(4-5-19-11)7-16-21(17,18)12-6-10(8-15-2)20-13(12)14/h6,9,11,15-16H,3-5,7-8H2,1-2H3. The number of hydrogen-bond acceptors (Lipinski definition) is 5. The van der Waals surface area contributed by atoms with Crippen molar-refractivity contribution in [1.29, 1.82) is 0 Å². The van der Waals surface area contributed by atoms with Gasteiger partial charge in [-0.3, -0.25) is 0 Å². The van der Waals surface area contributed by atoms with Crippen LogP contribution in [0.4, 0.5) is 0 Å². The minimum Gasteiger partial charge on any atom is -0.452 e. The molecule has 0 radical (unpaired) electrons. The van der Waals surface area contributed by atoms with Crippen molar-refractivity contribution in [2.75, 3.05) is 20.2 Å². The number of hydrogen-bond donors (Lipinski definition) is 2. The zero-order valence-electron chi connectivity index (χ0n) is 12.2. The summed E-state index contributed by atoms with van der Waals surface area (Å²) in [6.07, 6.45) is 1.92. The molecule has 0 aliphatic carbocycles. The molecule has 0 aromatic carbocycles. The Bertz CT molecular complexity index is 573. The molecule has 2 rings (SSSR count). The van der Waals surface area contributed by atoms with Crippen molar-refractivity contribution in [3.63, 3.8) is 0 Å². The third kappa shape index (κ3) is 4.07. The SMILES string of the molecule is CCC1OCCC1CNS(=O)(=O)c1cc(CNC)oc1Br. The Balaban J connectivity index is 2.04. The summed E-state index contributed by atoms with van der Waals surface area (Å²) in [4.78, 5) is 0.139. The second-order valence-electron chi connectivity index (χ2n) is 5.10. The van der Waals surface area contributed by atoms with Gasteiger partial charge < -0.3 is 14.5 Å². The van der Waals surface area contributed by atoms with Gasteiger partial charge in [0.15, 0.2) is 4.67 Å². The lowest BCUT2D eigenvalue weighted by atomic mass is 10.0. The maximum atomic E-state index is 12.4. The molecule has 6 nitrogen and oxygen atoms in total. The molecule has 1 fully saturated rings. The fourth-order valence-electron chi connectivity index (χ4n) is 2.51. The lowest BCUT2D eigenvalue weighted by molar-refractivity contribution is 0.0884. The Morgan fingerprint density at radius 1 is 1.48 bits per heavy atom. The average molecular weight is 381 g/mol. The van der Waals surface area contributed by atoms with Gasteiger partial charge in [-0.1, -0.05) is 6.92 Å². The Morgan fingerprint density at radius 2 is 2.24 bits per heavy atom. The van der Waals surface area contributed by atoms with Crippen molar-refractivity contribution in [3.8, 4) is 0 Å². The van der Waals surface area contributed by atoms with E-state index in [9.17, 15) is 8.42 Å². The average Bonchev–Trinajstić information content (AvgIpc) is 3.03. The van der Waals surface area contributed by atoms with Gasteiger partial charge in [0.25, 0.3) is 0 Å². The zero-order valence-corrected chi connectivity index (χ0v) is 14.6. The summed E-state index contributed by atoms with van der Waals surface area (Å²) in [7, 11) is -1.81. The molecule has 2 atom stereocenters. The van der Waals surface area contributed by atoms with Gasteiger partial charge in [-0.2, -0.15) is 0 Å². The summed E-state index contributed by atoms with van der Waals surface area (Å²) in [6, 6.07) is 1.53. The third-order valence-corrected chi connectivity index (χ3v) is 5.91. The van der Waals surface area contributed by atoms with Crippen LogP contribution in [-0.4, -0.2) is 34.7 Å². The van der Waals surface area contributed by atoms with Gasteiger partial charge in [-0.25, -0.2) is 13.1 Å². The molecule has 21 heavy (non-hydrogen) atoms. The van der Waals surface area contributed by atoms with Crippen molar-refractivity contribution in [2.45, 2.75) is 37.3 Å². The molecule has 0 saturated carbocycles. The molecular formula is C13H21BrN2O4S. The van der Waals surface area contributed by atoms with E-state index in [1.54, 1.807) is 7.05 Å². The molecule has 2 N–H and O–H groups in total. The quantitative estimate of drug-likeness (QED) is 0.754. The first kappa shape index (κ1) is 17.0. The van der Waals surface area contributed by atoms with Crippen molar-refractivity contribution < 1.29 is 17.6 Å². The van der Waals surface area contributed by atoms with Gasteiger partial charge >= 0.3 is 0 Å². The minimum absolute atomic E-state index is 0.139. The summed E-state index contributed by atoms with van der Waals surface area (Å²) in [5.74, 6) is 0.799. The predicted octanol–water partition coefficient (Wildman–Crippen LogP) is 1.85. The first-order valence-electron chi connectivity index (χ1n) is 7.02. The van der Waals surface area contributed by atoms with Crippen LogP contribution < -0.4 is 10.0 Å². The number of ether oxygens (including phenoxy) is 1. The van der Waals surface area contributed by atoms with Crippen molar-refractivity contribution in [3.05, 3.63) is 16.5 Å². The Morgan fingerprint density at radius 3 is 2.90 bits per heavy atom. The smallest absolute Gasteiger partial charge is 0.244 e. The monoisotopic (exact) mass is 380 g/mol. The van der Waals surface area contributed by atoms with E-state index in [0.29, 0.717) is 25.5 Å². The van der Waals surface area contributed by atoms with Crippen LogP contribution in [0, 0.1) is 5.92 Å². The van der Waals surface area contributed by atoms with Gasteiger partial charge in [0.2, 0.25) is 10.0 Å². The van der Waals surface area contributed by atoms with Crippen LogP contribution in [0.15, 0.2) is 20.0 Å². The third-order valence-electron chi connectivity index (χ3n) is 3.63. The minimum atomic E-state index is -3.58. The second-order valence-corrected chi connectivity index (χ2v) is 7.55. The van der Waals surface area contributed by atoms with E-state index >= 15 is 0 Å². The molecule has 120 valence electrons. The van der Waals surface area contributed by atoms with Gasteiger partial charge in [0.1, 0.15) is 10.7 Å². The molecule has 1 aliphatic rings.